The first-order valence-electron chi connectivity index (χ1n) is 4.89. The molecule has 0 aromatic rings. The lowest BCUT2D eigenvalue weighted by Gasteiger charge is -2.12. The minimum absolute atomic E-state index is 0.104. The first-order valence-corrected chi connectivity index (χ1v) is 6.60. The molecule has 1 rings (SSSR count). The summed E-state index contributed by atoms with van der Waals surface area (Å²) in [6.45, 7) is 3.87. The Morgan fingerprint density at radius 2 is 2.00 bits per heavy atom. The molecule has 78 valence electrons. The van der Waals surface area contributed by atoms with Crippen molar-refractivity contribution in [3.05, 3.63) is 0 Å². The first kappa shape index (κ1) is 11.0. The standard InChI is InChI=1S/C9H19NO2S/c1-7(2)6-13(11,12)9-4-3-8(10)5-9/h7-9H,3-6,10H2,1-2H3. The first-order chi connectivity index (χ1) is 5.92. The Labute approximate surface area is 80.6 Å². The molecule has 0 saturated heterocycles. The maximum Gasteiger partial charge on any atom is 0.153 e. The summed E-state index contributed by atoms with van der Waals surface area (Å²) in [6.07, 6.45) is 2.28. The SMILES string of the molecule is CC(C)CS(=O)(=O)C1CCC(N)C1. The Bertz CT molecular complexity index is 259. The van der Waals surface area contributed by atoms with Gasteiger partial charge in [0, 0.05) is 6.04 Å². The van der Waals surface area contributed by atoms with Gasteiger partial charge in [0.15, 0.2) is 9.84 Å². The third-order valence-corrected chi connectivity index (χ3v) is 5.07. The van der Waals surface area contributed by atoms with Gasteiger partial charge in [0.05, 0.1) is 11.0 Å². The number of hydrogen-bond acceptors (Lipinski definition) is 3. The fourth-order valence-corrected chi connectivity index (χ4v) is 4.14. The topological polar surface area (TPSA) is 60.2 Å². The average Bonchev–Trinajstić information content (AvgIpc) is 2.32. The van der Waals surface area contributed by atoms with E-state index in [-0.39, 0.29) is 17.2 Å². The third-order valence-electron chi connectivity index (χ3n) is 2.50. The van der Waals surface area contributed by atoms with E-state index in [0.717, 1.165) is 12.8 Å². The van der Waals surface area contributed by atoms with Gasteiger partial charge < -0.3 is 5.73 Å². The summed E-state index contributed by atoms with van der Waals surface area (Å²) < 4.78 is 23.5. The summed E-state index contributed by atoms with van der Waals surface area (Å²) in [5, 5.41) is -0.162. The van der Waals surface area contributed by atoms with Crippen LogP contribution in [-0.2, 0) is 9.84 Å². The molecule has 2 unspecified atom stereocenters. The number of sulfone groups is 1. The minimum Gasteiger partial charge on any atom is -0.328 e. The second-order valence-electron chi connectivity index (χ2n) is 4.42. The zero-order valence-corrected chi connectivity index (χ0v) is 9.18. The fraction of sp³-hybridized carbons (Fsp3) is 1.00. The molecule has 1 aliphatic rings. The molecule has 1 fully saturated rings. The van der Waals surface area contributed by atoms with Crippen molar-refractivity contribution in [2.45, 2.75) is 44.4 Å². The summed E-state index contributed by atoms with van der Waals surface area (Å²) in [6, 6.07) is 0.104. The normalized spacial score (nSPS) is 29.8. The van der Waals surface area contributed by atoms with E-state index in [1.165, 1.54) is 0 Å². The predicted molar refractivity (Wildman–Crippen MR) is 54.2 cm³/mol. The summed E-state index contributed by atoms with van der Waals surface area (Å²) in [4.78, 5) is 0. The Hall–Kier alpha value is -0.0900. The molecule has 2 N–H and O–H groups in total. The molecule has 0 heterocycles. The van der Waals surface area contributed by atoms with Gasteiger partial charge in [0.25, 0.3) is 0 Å². The van der Waals surface area contributed by atoms with Crippen molar-refractivity contribution < 1.29 is 8.42 Å². The van der Waals surface area contributed by atoms with Crippen LogP contribution in [0.15, 0.2) is 0 Å². The van der Waals surface area contributed by atoms with Crippen LogP contribution in [0.5, 0.6) is 0 Å². The van der Waals surface area contributed by atoms with E-state index in [4.69, 9.17) is 5.73 Å². The lowest BCUT2D eigenvalue weighted by atomic mass is 10.3. The van der Waals surface area contributed by atoms with Crippen molar-refractivity contribution in [3.63, 3.8) is 0 Å². The molecule has 0 aliphatic heterocycles. The molecule has 4 heteroatoms. The van der Waals surface area contributed by atoms with Gasteiger partial charge in [-0.1, -0.05) is 13.8 Å². The van der Waals surface area contributed by atoms with E-state index in [1.807, 2.05) is 13.8 Å². The van der Waals surface area contributed by atoms with Crippen LogP contribution in [0.2, 0.25) is 0 Å². The maximum atomic E-state index is 11.7. The summed E-state index contributed by atoms with van der Waals surface area (Å²) >= 11 is 0. The quantitative estimate of drug-likeness (QED) is 0.746. The zero-order chi connectivity index (χ0) is 10.1. The van der Waals surface area contributed by atoms with Crippen molar-refractivity contribution >= 4 is 9.84 Å². The molecule has 1 aliphatic carbocycles. The summed E-state index contributed by atoms with van der Waals surface area (Å²) in [5.41, 5.74) is 5.69. The monoisotopic (exact) mass is 205 g/mol. The van der Waals surface area contributed by atoms with E-state index in [0.29, 0.717) is 12.2 Å². The van der Waals surface area contributed by atoms with Gasteiger partial charge >= 0.3 is 0 Å². The fourth-order valence-electron chi connectivity index (χ4n) is 1.90. The van der Waals surface area contributed by atoms with Crippen molar-refractivity contribution in [3.8, 4) is 0 Å². The van der Waals surface area contributed by atoms with Crippen molar-refractivity contribution in [1.82, 2.24) is 0 Å². The molecule has 0 amide bonds. The smallest absolute Gasteiger partial charge is 0.153 e. The lowest BCUT2D eigenvalue weighted by molar-refractivity contribution is 0.565. The Morgan fingerprint density at radius 1 is 1.38 bits per heavy atom. The molecule has 13 heavy (non-hydrogen) atoms. The molecule has 2 atom stereocenters. The molecule has 0 radical (unpaired) electrons. The average molecular weight is 205 g/mol. The molecular weight excluding hydrogens is 186 g/mol. The lowest BCUT2D eigenvalue weighted by Crippen LogP contribution is -2.26. The van der Waals surface area contributed by atoms with Crippen molar-refractivity contribution in [1.29, 1.82) is 0 Å². The van der Waals surface area contributed by atoms with Crippen LogP contribution in [0.1, 0.15) is 33.1 Å². The highest BCUT2D eigenvalue weighted by Gasteiger charge is 2.32. The highest BCUT2D eigenvalue weighted by Crippen LogP contribution is 2.25. The van der Waals surface area contributed by atoms with Crippen LogP contribution in [0.3, 0.4) is 0 Å². The van der Waals surface area contributed by atoms with Crippen molar-refractivity contribution in [2.75, 3.05) is 5.75 Å². The number of nitrogens with two attached hydrogens (primary N) is 1. The number of hydrogen-bond donors (Lipinski definition) is 1. The van der Waals surface area contributed by atoms with E-state index < -0.39 is 9.84 Å². The molecule has 0 bridgehead atoms. The van der Waals surface area contributed by atoms with E-state index in [2.05, 4.69) is 0 Å². The van der Waals surface area contributed by atoms with Gasteiger partial charge in [-0.2, -0.15) is 0 Å². The van der Waals surface area contributed by atoms with Gasteiger partial charge in [-0.05, 0) is 25.2 Å². The second kappa shape index (κ2) is 3.96. The molecular formula is C9H19NO2S. The Balaban J connectivity index is 2.60. The van der Waals surface area contributed by atoms with Gasteiger partial charge in [0.2, 0.25) is 0 Å². The van der Waals surface area contributed by atoms with E-state index in [1.54, 1.807) is 0 Å². The Morgan fingerprint density at radius 3 is 2.38 bits per heavy atom. The summed E-state index contributed by atoms with van der Waals surface area (Å²) in [7, 11) is -2.87. The van der Waals surface area contributed by atoms with Crippen molar-refractivity contribution in [2.24, 2.45) is 11.7 Å². The highest BCUT2D eigenvalue weighted by atomic mass is 32.2. The molecule has 3 nitrogen and oxygen atoms in total. The van der Waals surface area contributed by atoms with E-state index >= 15 is 0 Å². The minimum atomic E-state index is -2.87. The van der Waals surface area contributed by atoms with Gasteiger partial charge in [0.1, 0.15) is 0 Å². The van der Waals surface area contributed by atoms with Crippen LogP contribution in [0.25, 0.3) is 0 Å². The molecule has 0 aromatic heterocycles. The Kier molecular flexibility index (Phi) is 3.35. The molecule has 0 aromatic carbocycles. The van der Waals surface area contributed by atoms with Crippen LogP contribution in [0, 0.1) is 5.92 Å². The zero-order valence-electron chi connectivity index (χ0n) is 8.36. The number of rotatable bonds is 3. The van der Waals surface area contributed by atoms with Crippen LogP contribution >= 0.6 is 0 Å². The predicted octanol–water partition coefficient (Wildman–Crippen LogP) is 0.937. The van der Waals surface area contributed by atoms with Gasteiger partial charge in [-0.15, -0.1) is 0 Å². The largest absolute Gasteiger partial charge is 0.328 e. The maximum absolute atomic E-state index is 11.7. The van der Waals surface area contributed by atoms with Gasteiger partial charge in [-0.25, -0.2) is 8.42 Å². The third kappa shape index (κ3) is 2.95. The van der Waals surface area contributed by atoms with E-state index in [9.17, 15) is 8.42 Å². The van der Waals surface area contributed by atoms with Gasteiger partial charge in [-0.3, -0.25) is 0 Å². The molecule has 1 saturated carbocycles. The van der Waals surface area contributed by atoms with Crippen LogP contribution < -0.4 is 5.73 Å². The van der Waals surface area contributed by atoms with Crippen LogP contribution in [0.4, 0.5) is 0 Å². The molecule has 0 spiro atoms. The summed E-state index contributed by atoms with van der Waals surface area (Å²) in [5.74, 6) is 0.534. The second-order valence-corrected chi connectivity index (χ2v) is 6.74. The highest BCUT2D eigenvalue weighted by molar-refractivity contribution is 7.92. The van der Waals surface area contributed by atoms with Crippen LogP contribution in [-0.4, -0.2) is 25.5 Å².